The van der Waals surface area contributed by atoms with E-state index in [9.17, 15) is 9.59 Å². The third kappa shape index (κ3) is 2.09. The highest BCUT2D eigenvalue weighted by Crippen LogP contribution is 2.65. The maximum Gasteiger partial charge on any atom is 0.324 e. The number of hydrogen-bond acceptors (Lipinski definition) is 4. The van der Waals surface area contributed by atoms with E-state index in [0.29, 0.717) is 0 Å². The summed E-state index contributed by atoms with van der Waals surface area (Å²) in [7, 11) is 0. The lowest BCUT2D eigenvalue weighted by atomic mass is 9.99. The number of hydrogen-bond donors (Lipinski definition) is 0. The van der Waals surface area contributed by atoms with Crippen LogP contribution in [-0.2, 0) is 19.1 Å². The van der Waals surface area contributed by atoms with Crippen LogP contribution in [0.2, 0.25) is 0 Å². The summed E-state index contributed by atoms with van der Waals surface area (Å²) >= 11 is 0. The van der Waals surface area contributed by atoms with Crippen LogP contribution in [0.5, 0.6) is 0 Å². The van der Waals surface area contributed by atoms with Gasteiger partial charge < -0.3 is 9.47 Å². The Morgan fingerprint density at radius 2 is 1.55 bits per heavy atom. The van der Waals surface area contributed by atoms with E-state index in [1.54, 1.807) is 13.8 Å². The zero-order chi connectivity index (χ0) is 14.8. The van der Waals surface area contributed by atoms with Gasteiger partial charge in [-0.05, 0) is 25.3 Å². The molecular formula is C16H20O4. The summed E-state index contributed by atoms with van der Waals surface area (Å²) in [4.78, 5) is 24.6. The van der Waals surface area contributed by atoms with Crippen molar-refractivity contribution in [1.29, 1.82) is 0 Å². The van der Waals surface area contributed by atoms with E-state index in [2.05, 4.69) is 0 Å². The average molecular weight is 276 g/mol. The zero-order valence-corrected chi connectivity index (χ0v) is 12.1. The van der Waals surface area contributed by atoms with Crippen molar-refractivity contribution < 1.29 is 19.1 Å². The van der Waals surface area contributed by atoms with Gasteiger partial charge >= 0.3 is 11.9 Å². The molecule has 0 unspecified atom stereocenters. The molecule has 0 bridgehead atoms. The molecule has 1 aliphatic rings. The molecule has 4 heteroatoms. The van der Waals surface area contributed by atoms with Gasteiger partial charge in [0.15, 0.2) is 5.41 Å². The van der Waals surface area contributed by atoms with Gasteiger partial charge in [0.2, 0.25) is 0 Å². The average Bonchev–Trinajstić information content (AvgIpc) is 3.07. The van der Waals surface area contributed by atoms with Crippen LogP contribution in [0.25, 0.3) is 0 Å². The molecule has 20 heavy (non-hydrogen) atoms. The van der Waals surface area contributed by atoms with Crippen LogP contribution in [0.1, 0.15) is 32.3 Å². The summed E-state index contributed by atoms with van der Waals surface area (Å²) in [5.74, 6) is -1.22. The number of carbonyl (C=O) groups is 2. The fourth-order valence-corrected chi connectivity index (χ4v) is 2.98. The number of carbonyl (C=O) groups excluding carboxylic acids is 2. The normalized spacial score (nSPS) is 22.9. The zero-order valence-electron chi connectivity index (χ0n) is 12.1. The molecule has 0 saturated heterocycles. The third-order valence-corrected chi connectivity index (χ3v) is 3.98. The Balaban J connectivity index is 2.35. The van der Waals surface area contributed by atoms with Crippen molar-refractivity contribution in [2.75, 3.05) is 13.2 Å². The molecule has 4 nitrogen and oxygen atoms in total. The minimum Gasteiger partial charge on any atom is -0.465 e. The second-order valence-electron chi connectivity index (χ2n) is 4.99. The van der Waals surface area contributed by atoms with Gasteiger partial charge in [-0.3, -0.25) is 9.59 Å². The summed E-state index contributed by atoms with van der Waals surface area (Å²) in [5, 5.41) is 0. The first-order chi connectivity index (χ1) is 9.60. The van der Waals surface area contributed by atoms with E-state index >= 15 is 0 Å². The van der Waals surface area contributed by atoms with Crippen LogP contribution < -0.4 is 0 Å². The number of rotatable bonds is 5. The second kappa shape index (κ2) is 5.65. The van der Waals surface area contributed by atoms with Crippen molar-refractivity contribution in [2.45, 2.75) is 26.7 Å². The fraction of sp³-hybridized carbons (Fsp3) is 0.500. The van der Waals surface area contributed by atoms with Crippen molar-refractivity contribution >= 4 is 11.9 Å². The van der Waals surface area contributed by atoms with Gasteiger partial charge in [-0.15, -0.1) is 0 Å². The van der Waals surface area contributed by atoms with Gasteiger partial charge in [0.1, 0.15) is 0 Å². The van der Waals surface area contributed by atoms with Gasteiger partial charge in [0, 0.05) is 5.92 Å². The van der Waals surface area contributed by atoms with Gasteiger partial charge in [-0.25, -0.2) is 0 Å². The quantitative estimate of drug-likeness (QED) is 0.612. The minimum absolute atomic E-state index is 0.108. The molecule has 0 N–H and O–H groups in total. The summed E-state index contributed by atoms with van der Waals surface area (Å²) in [6, 6.07) is 9.58. The summed E-state index contributed by atoms with van der Waals surface area (Å²) < 4.78 is 10.2. The van der Waals surface area contributed by atoms with E-state index in [1.807, 2.05) is 37.3 Å². The maximum atomic E-state index is 12.3. The molecule has 2 rings (SSSR count). The molecule has 1 saturated carbocycles. The smallest absolute Gasteiger partial charge is 0.324 e. The Morgan fingerprint density at radius 3 is 2.00 bits per heavy atom. The van der Waals surface area contributed by atoms with Crippen LogP contribution in [0.4, 0.5) is 0 Å². The molecule has 0 amide bonds. The molecule has 2 atom stereocenters. The summed E-state index contributed by atoms with van der Waals surface area (Å²) in [6.07, 6.45) is 0. The van der Waals surface area contributed by atoms with Crippen LogP contribution in [0.3, 0.4) is 0 Å². The second-order valence-corrected chi connectivity index (χ2v) is 4.99. The van der Waals surface area contributed by atoms with Crippen molar-refractivity contribution in [3.63, 3.8) is 0 Å². The Hall–Kier alpha value is -1.84. The van der Waals surface area contributed by atoms with E-state index in [-0.39, 0.29) is 25.0 Å². The molecule has 1 aromatic rings. The van der Waals surface area contributed by atoms with Crippen LogP contribution >= 0.6 is 0 Å². The van der Waals surface area contributed by atoms with Gasteiger partial charge in [-0.1, -0.05) is 37.3 Å². The van der Waals surface area contributed by atoms with E-state index < -0.39 is 17.4 Å². The molecule has 0 spiro atoms. The number of ether oxygens (including phenoxy) is 2. The van der Waals surface area contributed by atoms with Crippen molar-refractivity contribution in [2.24, 2.45) is 11.3 Å². The molecule has 0 aromatic heterocycles. The van der Waals surface area contributed by atoms with Gasteiger partial charge in [0.05, 0.1) is 13.2 Å². The predicted octanol–water partition coefficient (Wildman–Crippen LogP) is 2.53. The number of benzene rings is 1. The summed E-state index contributed by atoms with van der Waals surface area (Å²) in [5.41, 5.74) is -0.200. The maximum absolute atomic E-state index is 12.3. The molecule has 108 valence electrons. The highest BCUT2D eigenvalue weighted by molar-refractivity contribution is 6.06. The first-order valence-electron chi connectivity index (χ1n) is 7.00. The predicted molar refractivity (Wildman–Crippen MR) is 74.0 cm³/mol. The molecule has 1 fully saturated rings. The Morgan fingerprint density at radius 1 is 1.05 bits per heavy atom. The first kappa shape index (κ1) is 14.6. The topological polar surface area (TPSA) is 52.6 Å². The SMILES string of the molecule is CCOC(=O)C1(C(=O)OCC)[C@@H](C)[C@@H]1c1ccccc1. The van der Waals surface area contributed by atoms with Crippen LogP contribution in [0, 0.1) is 11.3 Å². The van der Waals surface area contributed by atoms with Crippen molar-refractivity contribution in [3.8, 4) is 0 Å². The van der Waals surface area contributed by atoms with Crippen LogP contribution in [-0.4, -0.2) is 25.2 Å². The number of esters is 2. The van der Waals surface area contributed by atoms with Crippen molar-refractivity contribution in [1.82, 2.24) is 0 Å². The summed E-state index contributed by atoms with van der Waals surface area (Å²) in [6.45, 7) is 5.89. The molecule has 0 heterocycles. The van der Waals surface area contributed by atoms with Gasteiger partial charge in [-0.2, -0.15) is 0 Å². The van der Waals surface area contributed by atoms with E-state index in [0.717, 1.165) is 5.56 Å². The van der Waals surface area contributed by atoms with Gasteiger partial charge in [0.25, 0.3) is 0 Å². The Labute approximate surface area is 119 Å². The standard InChI is InChI=1S/C16H20O4/c1-4-19-14(17)16(15(18)20-5-2)11(3)13(16)12-9-7-6-8-10-12/h6-11,13H,4-5H2,1-3H3/t11-,13+/m0/s1. The van der Waals surface area contributed by atoms with Crippen molar-refractivity contribution in [3.05, 3.63) is 35.9 Å². The lowest BCUT2D eigenvalue weighted by Gasteiger charge is -2.15. The molecule has 1 aliphatic carbocycles. The highest BCUT2D eigenvalue weighted by Gasteiger charge is 2.74. The lowest BCUT2D eigenvalue weighted by molar-refractivity contribution is -0.165. The molecule has 0 radical (unpaired) electrons. The molecule has 0 aliphatic heterocycles. The van der Waals surface area contributed by atoms with E-state index in [4.69, 9.17) is 9.47 Å². The Bertz CT molecular complexity index is 476. The monoisotopic (exact) mass is 276 g/mol. The van der Waals surface area contributed by atoms with E-state index in [1.165, 1.54) is 0 Å². The first-order valence-corrected chi connectivity index (χ1v) is 7.00. The molecule has 1 aromatic carbocycles. The largest absolute Gasteiger partial charge is 0.465 e. The van der Waals surface area contributed by atoms with Crippen LogP contribution in [0.15, 0.2) is 30.3 Å². The lowest BCUT2D eigenvalue weighted by Crippen LogP contribution is -2.32. The highest BCUT2D eigenvalue weighted by atomic mass is 16.6. The minimum atomic E-state index is -1.17. The molecular weight excluding hydrogens is 256 g/mol. The fourth-order valence-electron chi connectivity index (χ4n) is 2.98. The third-order valence-electron chi connectivity index (χ3n) is 3.98. The Kier molecular flexibility index (Phi) is 4.12.